The second-order valence-corrected chi connectivity index (χ2v) is 6.29. The highest BCUT2D eigenvalue weighted by atomic mass is 32.2. The van der Waals surface area contributed by atoms with E-state index >= 15 is 0 Å². The van der Waals surface area contributed by atoms with Gasteiger partial charge in [-0.15, -0.1) is 0 Å². The van der Waals surface area contributed by atoms with Crippen LogP contribution in [0.3, 0.4) is 0 Å². The predicted molar refractivity (Wildman–Crippen MR) is 81.6 cm³/mol. The van der Waals surface area contributed by atoms with E-state index in [0.717, 1.165) is 12.6 Å². The second-order valence-electron chi connectivity index (χ2n) is 5.18. The number of aryl methyl sites for hydroxylation is 1. The second kappa shape index (κ2) is 5.81. The Kier molecular flexibility index (Phi) is 3.90. The van der Waals surface area contributed by atoms with Gasteiger partial charge in [0.25, 0.3) is 0 Å². The van der Waals surface area contributed by atoms with Gasteiger partial charge < -0.3 is 5.32 Å². The zero-order chi connectivity index (χ0) is 13.1. The number of hydrogen-bond donors (Lipinski definition) is 1. The van der Waals surface area contributed by atoms with E-state index in [1.165, 1.54) is 33.8 Å². The van der Waals surface area contributed by atoms with Crippen molar-refractivity contribution >= 4 is 11.8 Å². The summed E-state index contributed by atoms with van der Waals surface area (Å²) in [6.07, 6.45) is 2.68. The van der Waals surface area contributed by atoms with Gasteiger partial charge in [-0.2, -0.15) is 0 Å². The molecule has 0 unspecified atom stereocenters. The largest absolute Gasteiger partial charge is 0.310 e. The molecule has 0 amide bonds. The molecule has 1 aliphatic carbocycles. The van der Waals surface area contributed by atoms with E-state index in [9.17, 15) is 0 Å². The molecule has 1 aliphatic rings. The van der Waals surface area contributed by atoms with Crippen molar-refractivity contribution in [1.82, 2.24) is 5.32 Å². The minimum atomic E-state index is 0.762. The molecule has 0 heterocycles. The van der Waals surface area contributed by atoms with Gasteiger partial charge in [0, 0.05) is 22.4 Å². The monoisotopic (exact) mass is 269 g/mol. The number of hydrogen-bond acceptors (Lipinski definition) is 2. The van der Waals surface area contributed by atoms with Crippen LogP contribution in [0.4, 0.5) is 0 Å². The fraction of sp³-hybridized carbons (Fsp3) is 0.294. The summed E-state index contributed by atoms with van der Waals surface area (Å²) in [5.74, 6) is 0. The van der Waals surface area contributed by atoms with E-state index in [-0.39, 0.29) is 0 Å². The fourth-order valence-corrected chi connectivity index (χ4v) is 2.97. The highest BCUT2D eigenvalue weighted by Gasteiger charge is 2.20. The number of rotatable bonds is 5. The summed E-state index contributed by atoms with van der Waals surface area (Å²) < 4.78 is 0. The first-order chi connectivity index (χ1) is 9.31. The molecule has 98 valence electrons. The first-order valence-electron chi connectivity index (χ1n) is 6.87. The Bertz CT molecular complexity index is 543. The lowest BCUT2D eigenvalue weighted by Crippen LogP contribution is -2.15. The number of nitrogens with one attached hydrogen (secondary N) is 1. The van der Waals surface area contributed by atoms with E-state index in [4.69, 9.17) is 0 Å². The maximum absolute atomic E-state index is 3.59. The van der Waals surface area contributed by atoms with E-state index in [0.29, 0.717) is 0 Å². The minimum absolute atomic E-state index is 0.762. The third kappa shape index (κ3) is 3.62. The highest BCUT2D eigenvalue weighted by molar-refractivity contribution is 7.99. The SMILES string of the molecule is Cc1ccc(Sc2ccccc2CNC2CC2)cc1. The lowest BCUT2D eigenvalue weighted by Gasteiger charge is -2.10. The van der Waals surface area contributed by atoms with Gasteiger partial charge in [-0.3, -0.25) is 0 Å². The molecule has 0 bridgehead atoms. The van der Waals surface area contributed by atoms with Gasteiger partial charge in [-0.1, -0.05) is 47.7 Å². The van der Waals surface area contributed by atoms with Gasteiger partial charge in [0.2, 0.25) is 0 Å². The van der Waals surface area contributed by atoms with Crippen LogP contribution in [0.2, 0.25) is 0 Å². The average Bonchev–Trinajstić information content (AvgIpc) is 3.25. The summed E-state index contributed by atoms with van der Waals surface area (Å²) in [4.78, 5) is 2.67. The van der Waals surface area contributed by atoms with Crippen molar-refractivity contribution in [1.29, 1.82) is 0 Å². The Hall–Kier alpha value is -1.25. The van der Waals surface area contributed by atoms with Crippen LogP contribution in [0.1, 0.15) is 24.0 Å². The maximum Gasteiger partial charge on any atom is 0.0219 e. The van der Waals surface area contributed by atoms with Gasteiger partial charge >= 0.3 is 0 Å². The molecule has 1 N–H and O–H groups in total. The van der Waals surface area contributed by atoms with E-state index < -0.39 is 0 Å². The van der Waals surface area contributed by atoms with Gasteiger partial charge in [-0.25, -0.2) is 0 Å². The van der Waals surface area contributed by atoms with Crippen molar-refractivity contribution in [3.63, 3.8) is 0 Å². The quantitative estimate of drug-likeness (QED) is 0.863. The van der Waals surface area contributed by atoms with Gasteiger partial charge in [0.1, 0.15) is 0 Å². The first kappa shape index (κ1) is 12.8. The third-order valence-corrected chi connectivity index (χ3v) is 4.51. The third-order valence-electron chi connectivity index (χ3n) is 3.38. The van der Waals surface area contributed by atoms with Gasteiger partial charge in [-0.05, 0) is 43.5 Å². The molecule has 0 aromatic heterocycles. The Labute approximate surface area is 119 Å². The van der Waals surface area contributed by atoms with Crippen molar-refractivity contribution in [3.8, 4) is 0 Å². The molecule has 2 heteroatoms. The number of benzene rings is 2. The molecule has 1 nitrogen and oxygen atoms in total. The van der Waals surface area contributed by atoms with Crippen molar-refractivity contribution in [3.05, 3.63) is 59.7 Å². The topological polar surface area (TPSA) is 12.0 Å². The summed E-state index contributed by atoms with van der Waals surface area (Å²) in [7, 11) is 0. The van der Waals surface area contributed by atoms with Crippen LogP contribution >= 0.6 is 11.8 Å². The van der Waals surface area contributed by atoms with Crippen molar-refractivity contribution in [2.75, 3.05) is 0 Å². The van der Waals surface area contributed by atoms with E-state index in [2.05, 4.69) is 60.8 Å². The Morgan fingerprint density at radius 1 is 1.05 bits per heavy atom. The smallest absolute Gasteiger partial charge is 0.0219 e. The van der Waals surface area contributed by atoms with E-state index in [1.807, 2.05) is 11.8 Å². The summed E-state index contributed by atoms with van der Waals surface area (Å²) >= 11 is 1.85. The molecule has 0 radical (unpaired) electrons. The molecule has 0 atom stereocenters. The molecule has 1 fully saturated rings. The Morgan fingerprint density at radius 3 is 2.53 bits per heavy atom. The van der Waals surface area contributed by atoms with Gasteiger partial charge in [0.15, 0.2) is 0 Å². The molecule has 0 spiro atoms. The van der Waals surface area contributed by atoms with Crippen LogP contribution in [0.25, 0.3) is 0 Å². The normalized spacial score (nSPS) is 14.6. The molecule has 19 heavy (non-hydrogen) atoms. The molecule has 1 saturated carbocycles. The van der Waals surface area contributed by atoms with Crippen LogP contribution in [-0.2, 0) is 6.54 Å². The van der Waals surface area contributed by atoms with Crippen molar-refractivity contribution < 1.29 is 0 Å². The average molecular weight is 269 g/mol. The highest BCUT2D eigenvalue weighted by Crippen LogP contribution is 2.31. The fourth-order valence-electron chi connectivity index (χ4n) is 2.02. The zero-order valence-corrected chi connectivity index (χ0v) is 12.0. The summed E-state index contributed by atoms with van der Waals surface area (Å²) in [5, 5.41) is 3.59. The lowest BCUT2D eigenvalue weighted by atomic mass is 10.2. The Morgan fingerprint density at radius 2 is 1.79 bits per heavy atom. The summed E-state index contributed by atoms with van der Waals surface area (Å²) in [6.45, 7) is 3.11. The first-order valence-corrected chi connectivity index (χ1v) is 7.69. The maximum atomic E-state index is 3.59. The van der Waals surface area contributed by atoms with Crippen molar-refractivity contribution in [2.24, 2.45) is 0 Å². The summed E-state index contributed by atoms with van der Waals surface area (Å²) in [5.41, 5.74) is 2.72. The van der Waals surface area contributed by atoms with Crippen molar-refractivity contribution in [2.45, 2.75) is 42.1 Å². The Balaban J connectivity index is 1.73. The van der Waals surface area contributed by atoms with Crippen LogP contribution in [0.5, 0.6) is 0 Å². The molecular formula is C17H19NS. The molecular weight excluding hydrogens is 250 g/mol. The van der Waals surface area contributed by atoms with Crippen LogP contribution in [0.15, 0.2) is 58.3 Å². The standard InChI is InChI=1S/C17H19NS/c1-13-6-10-16(11-7-13)19-17-5-3-2-4-14(17)12-18-15-8-9-15/h2-7,10-11,15,18H,8-9,12H2,1H3. The molecule has 3 rings (SSSR count). The van der Waals surface area contributed by atoms with Crippen LogP contribution in [0, 0.1) is 6.92 Å². The van der Waals surface area contributed by atoms with Gasteiger partial charge in [0.05, 0.1) is 0 Å². The molecule has 2 aromatic carbocycles. The molecule has 2 aromatic rings. The van der Waals surface area contributed by atoms with E-state index in [1.54, 1.807) is 0 Å². The predicted octanol–water partition coefficient (Wildman–Crippen LogP) is 4.40. The van der Waals surface area contributed by atoms with Crippen LogP contribution < -0.4 is 5.32 Å². The lowest BCUT2D eigenvalue weighted by molar-refractivity contribution is 0.680. The minimum Gasteiger partial charge on any atom is -0.310 e. The summed E-state index contributed by atoms with van der Waals surface area (Å²) in [6, 6.07) is 18.2. The molecule has 0 aliphatic heterocycles. The zero-order valence-electron chi connectivity index (χ0n) is 11.2. The van der Waals surface area contributed by atoms with Crippen LogP contribution in [-0.4, -0.2) is 6.04 Å². The molecule has 0 saturated heterocycles.